The molecule has 0 atom stereocenters. The molecule has 0 unspecified atom stereocenters. The minimum Gasteiger partial charge on any atom is -0.396 e. The SMILES string of the molecule is CCOP(=S)(OCC)Oc1nc2c(s1)CCCCC2. The van der Waals surface area contributed by atoms with Gasteiger partial charge in [-0.05, 0) is 39.5 Å². The Hall–Kier alpha value is -0.0000000000000000833. The first-order valence-electron chi connectivity index (χ1n) is 6.74. The number of aryl methyl sites for hydroxylation is 2. The van der Waals surface area contributed by atoms with Gasteiger partial charge < -0.3 is 4.52 Å². The first kappa shape index (κ1) is 15.4. The van der Waals surface area contributed by atoms with Crippen molar-refractivity contribution >= 4 is 29.9 Å². The van der Waals surface area contributed by atoms with Crippen LogP contribution in [0.15, 0.2) is 0 Å². The third-order valence-corrected chi connectivity index (χ3v) is 6.40. The Bertz CT molecular complexity index is 430. The molecule has 0 N–H and O–H groups in total. The second kappa shape index (κ2) is 7.14. The van der Waals surface area contributed by atoms with Crippen molar-refractivity contribution in [2.45, 2.75) is 46.0 Å². The highest BCUT2D eigenvalue weighted by molar-refractivity contribution is 8.07. The molecule has 0 saturated carbocycles. The van der Waals surface area contributed by atoms with Crippen LogP contribution in [0.1, 0.15) is 43.7 Å². The molecule has 1 aromatic rings. The van der Waals surface area contributed by atoms with E-state index >= 15 is 0 Å². The number of hydrogen-bond acceptors (Lipinski definition) is 6. The molecule has 0 bridgehead atoms. The Morgan fingerprint density at radius 3 is 2.53 bits per heavy atom. The molecule has 19 heavy (non-hydrogen) atoms. The maximum atomic E-state index is 5.77. The lowest BCUT2D eigenvalue weighted by Crippen LogP contribution is -2.02. The number of rotatable bonds is 6. The third kappa shape index (κ3) is 4.23. The Morgan fingerprint density at radius 1 is 1.16 bits per heavy atom. The van der Waals surface area contributed by atoms with Crippen LogP contribution in [0.3, 0.4) is 0 Å². The van der Waals surface area contributed by atoms with Crippen molar-refractivity contribution in [1.82, 2.24) is 4.98 Å². The smallest absolute Gasteiger partial charge is 0.382 e. The van der Waals surface area contributed by atoms with Crippen molar-refractivity contribution in [3.8, 4) is 5.19 Å². The standard InChI is InChI=1S/C12H20NO3PS2/c1-3-14-17(18,15-4-2)16-12-13-10-8-6-5-7-9-11(10)19-12/h3-9H2,1-2H3. The van der Waals surface area contributed by atoms with E-state index in [1.807, 2.05) is 13.8 Å². The zero-order chi connectivity index (χ0) is 13.7. The summed E-state index contributed by atoms with van der Waals surface area (Å²) in [6.07, 6.45) is 5.87. The largest absolute Gasteiger partial charge is 0.396 e. The molecule has 1 aliphatic rings. The summed E-state index contributed by atoms with van der Waals surface area (Å²) >= 11 is 6.96. The van der Waals surface area contributed by atoms with Gasteiger partial charge in [0.2, 0.25) is 0 Å². The molecular weight excluding hydrogens is 301 g/mol. The summed E-state index contributed by atoms with van der Waals surface area (Å²) in [7, 11) is 0. The van der Waals surface area contributed by atoms with Gasteiger partial charge in [-0.1, -0.05) is 17.8 Å². The zero-order valence-corrected chi connectivity index (χ0v) is 13.9. The van der Waals surface area contributed by atoms with E-state index in [-0.39, 0.29) is 0 Å². The number of thiazole rings is 1. The molecule has 0 saturated heterocycles. The summed E-state index contributed by atoms with van der Waals surface area (Å²) in [5, 5.41) is 0.608. The quantitative estimate of drug-likeness (QED) is 0.583. The van der Waals surface area contributed by atoms with Crippen LogP contribution in [0.4, 0.5) is 0 Å². The zero-order valence-electron chi connectivity index (χ0n) is 11.4. The summed E-state index contributed by atoms with van der Waals surface area (Å²) in [6, 6.07) is 0. The molecule has 2 rings (SSSR count). The van der Waals surface area contributed by atoms with Gasteiger partial charge in [-0.15, -0.1) is 0 Å². The minimum atomic E-state index is -2.68. The number of fused-ring (bicyclic) bond motifs is 1. The predicted molar refractivity (Wildman–Crippen MR) is 81.5 cm³/mol. The summed E-state index contributed by atoms with van der Waals surface area (Å²) < 4.78 is 16.7. The molecule has 0 aliphatic heterocycles. The van der Waals surface area contributed by atoms with Crippen molar-refractivity contribution < 1.29 is 13.6 Å². The second-order valence-corrected chi connectivity index (χ2v) is 8.27. The number of aromatic nitrogens is 1. The third-order valence-electron chi connectivity index (χ3n) is 2.84. The van der Waals surface area contributed by atoms with Crippen molar-refractivity contribution in [3.63, 3.8) is 0 Å². The Morgan fingerprint density at radius 2 is 1.84 bits per heavy atom. The Balaban J connectivity index is 2.11. The van der Waals surface area contributed by atoms with Crippen LogP contribution in [-0.4, -0.2) is 18.2 Å². The molecule has 0 spiro atoms. The van der Waals surface area contributed by atoms with Gasteiger partial charge in [0.1, 0.15) is 0 Å². The molecule has 1 aliphatic carbocycles. The predicted octanol–water partition coefficient (Wildman–Crippen LogP) is 4.09. The van der Waals surface area contributed by atoms with Crippen molar-refractivity contribution in [1.29, 1.82) is 0 Å². The highest BCUT2D eigenvalue weighted by Crippen LogP contribution is 2.51. The Kier molecular flexibility index (Phi) is 5.78. The lowest BCUT2D eigenvalue weighted by molar-refractivity contribution is 0.217. The van der Waals surface area contributed by atoms with E-state index in [4.69, 9.17) is 25.4 Å². The molecule has 0 fully saturated rings. The van der Waals surface area contributed by atoms with Crippen LogP contribution >= 0.6 is 18.1 Å². The van der Waals surface area contributed by atoms with Crippen LogP contribution in [-0.2, 0) is 33.7 Å². The Labute approximate surface area is 123 Å². The topological polar surface area (TPSA) is 40.6 Å². The normalized spacial score (nSPS) is 15.9. The maximum absolute atomic E-state index is 5.77. The monoisotopic (exact) mass is 321 g/mol. The van der Waals surface area contributed by atoms with Gasteiger partial charge in [0.15, 0.2) is 0 Å². The fourth-order valence-electron chi connectivity index (χ4n) is 2.05. The molecule has 1 aromatic heterocycles. The molecule has 108 valence electrons. The van der Waals surface area contributed by atoms with Crippen LogP contribution < -0.4 is 4.52 Å². The van der Waals surface area contributed by atoms with Crippen molar-refractivity contribution in [2.24, 2.45) is 0 Å². The number of hydrogen-bond donors (Lipinski definition) is 0. The molecule has 0 amide bonds. The highest BCUT2D eigenvalue weighted by atomic mass is 32.5. The molecule has 0 radical (unpaired) electrons. The van der Waals surface area contributed by atoms with Crippen LogP contribution in [0.5, 0.6) is 5.19 Å². The fraction of sp³-hybridized carbons (Fsp3) is 0.750. The molecule has 0 aromatic carbocycles. The van der Waals surface area contributed by atoms with E-state index in [2.05, 4.69) is 4.98 Å². The van der Waals surface area contributed by atoms with Gasteiger partial charge >= 0.3 is 6.72 Å². The van der Waals surface area contributed by atoms with Crippen molar-refractivity contribution in [3.05, 3.63) is 10.6 Å². The lowest BCUT2D eigenvalue weighted by atomic mass is 10.2. The van der Waals surface area contributed by atoms with Gasteiger partial charge in [-0.3, -0.25) is 9.05 Å². The van der Waals surface area contributed by atoms with Gasteiger partial charge in [-0.2, -0.15) is 0 Å². The van der Waals surface area contributed by atoms with E-state index in [9.17, 15) is 0 Å². The first-order chi connectivity index (χ1) is 9.17. The lowest BCUT2D eigenvalue weighted by Gasteiger charge is -2.19. The van der Waals surface area contributed by atoms with E-state index in [1.165, 1.54) is 29.8 Å². The van der Waals surface area contributed by atoms with Crippen LogP contribution in [0.2, 0.25) is 0 Å². The second-order valence-electron chi connectivity index (χ2n) is 4.28. The molecule has 1 heterocycles. The van der Waals surface area contributed by atoms with Gasteiger partial charge in [0.05, 0.1) is 18.9 Å². The molecular formula is C12H20NO3PS2. The van der Waals surface area contributed by atoms with Crippen molar-refractivity contribution in [2.75, 3.05) is 13.2 Å². The first-order valence-corrected chi connectivity index (χ1v) is 10.1. The summed E-state index contributed by atoms with van der Waals surface area (Å²) in [6.45, 7) is 2.08. The van der Waals surface area contributed by atoms with Gasteiger partial charge in [0, 0.05) is 16.7 Å². The van der Waals surface area contributed by atoms with E-state index < -0.39 is 6.72 Å². The fourth-order valence-corrected chi connectivity index (χ4v) is 5.40. The minimum absolute atomic E-state index is 0.488. The van der Waals surface area contributed by atoms with E-state index in [0.29, 0.717) is 18.4 Å². The van der Waals surface area contributed by atoms with Gasteiger partial charge in [-0.25, -0.2) is 4.98 Å². The highest BCUT2D eigenvalue weighted by Gasteiger charge is 2.24. The summed E-state index contributed by atoms with van der Waals surface area (Å²) in [4.78, 5) is 5.89. The average Bonchev–Trinajstić information content (AvgIpc) is 2.58. The molecule has 4 nitrogen and oxygen atoms in total. The van der Waals surface area contributed by atoms with Crippen LogP contribution in [0.25, 0.3) is 0 Å². The number of nitrogens with zero attached hydrogens (tertiary/aromatic N) is 1. The summed E-state index contributed by atoms with van der Waals surface area (Å²) in [5.74, 6) is 0. The van der Waals surface area contributed by atoms with E-state index in [0.717, 1.165) is 12.8 Å². The molecule has 7 heteroatoms. The average molecular weight is 321 g/mol. The maximum Gasteiger partial charge on any atom is 0.382 e. The summed E-state index contributed by atoms with van der Waals surface area (Å²) in [5.41, 5.74) is 1.17. The van der Waals surface area contributed by atoms with Crippen LogP contribution in [0, 0.1) is 0 Å². The van der Waals surface area contributed by atoms with E-state index in [1.54, 1.807) is 11.3 Å². The van der Waals surface area contributed by atoms with Gasteiger partial charge in [0.25, 0.3) is 5.19 Å².